The van der Waals surface area contributed by atoms with Crippen molar-refractivity contribution in [2.24, 2.45) is 0 Å². The van der Waals surface area contributed by atoms with E-state index in [4.69, 9.17) is 14.7 Å². The molecule has 0 bridgehead atoms. The fourth-order valence-electron chi connectivity index (χ4n) is 0.862. The molecule has 18 heavy (non-hydrogen) atoms. The van der Waals surface area contributed by atoms with Crippen LogP contribution in [0.5, 0.6) is 0 Å². The number of rotatable bonds is 7. The number of unbranched alkanes of at least 4 members (excludes halogenated alkanes) is 1. The fraction of sp³-hybridized carbons (Fsp3) is 0.923. The molecule has 0 spiro atoms. The van der Waals surface area contributed by atoms with E-state index in [9.17, 15) is 4.79 Å². The summed E-state index contributed by atoms with van der Waals surface area (Å²) in [6.07, 6.45) is 1.73. The molecule has 0 aromatic heterocycles. The van der Waals surface area contributed by atoms with Crippen LogP contribution in [0.4, 0.5) is 0 Å². The molecule has 0 aliphatic rings. The fourth-order valence-corrected chi connectivity index (χ4v) is 0.862. The molecule has 0 radical (unpaired) electrons. The van der Waals surface area contributed by atoms with Gasteiger partial charge in [0.25, 0.3) is 0 Å². The van der Waals surface area contributed by atoms with Gasteiger partial charge in [-0.05, 0) is 54.4 Å². The van der Waals surface area contributed by atoms with E-state index in [1.807, 2.05) is 41.5 Å². The number of hydrogen-bond acceptors (Lipinski definition) is 5. The molecule has 5 heteroatoms. The average Bonchev–Trinajstić information content (AvgIpc) is 2.17. The molecule has 0 aliphatic heterocycles. The first-order valence-electron chi connectivity index (χ1n) is 6.29. The van der Waals surface area contributed by atoms with Crippen molar-refractivity contribution < 1.29 is 24.3 Å². The molecule has 0 rings (SSSR count). The lowest BCUT2D eigenvalue weighted by atomic mass is 10.2. The molecule has 0 heterocycles. The van der Waals surface area contributed by atoms with Crippen molar-refractivity contribution in [3.8, 4) is 0 Å². The lowest BCUT2D eigenvalue weighted by Gasteiger charge is -2.17. The monoisotopic (exact) mass is 262 g/mol. The Bertz CT molecular complexity index is 237. The number of hydrogen-bond donors (Lipinski definition) is 0. The van der Waals surface area contributed by atoms with Crippen LogP contribution in [0.3, 0.4) is 0 Å². The molecular weight excluding hydrogens is 236 g/mol. The van der Waals surface area contributed by atoms with Crippen molar-refractivity contribution in [2.75, 3.05) is 6.61 Å². The summed E-state index contributed by atoms with van der Waals surface area (Å²) < 4.78 is 0. The highest BCUT2D eigenvalue weighted by Crippen LogP contribution is 2.10. The molecule has 5 nitrogen and oxygen atoms in total. The minimum atomic E-state index is -0.473. The Labute approximate surface area is 110 Å². The topological polar surface area (TPSA) is 54.0 Å². The van der Waals surface area contributed by atoms with Gasteiger partial charge in [-0.2, -0.15) is 4.89 Å². The molecule has 0 saturated heterocycles. The van der Waals surface area contributed by atoms with E-state index in [0.29, 0.717) is 19.4 Å². The molecule has 0 unspecified atom stereocenters. The molecule has 0 fully saturated rings. The minimum Gasteiger partial charge on any atom is -0.298 e. The Kier molecular flexibility index (Phi) is 7.43. The SMILES string of the molecule is CC(C)(C)OOCCCCC(=O)OOC(C)(C)C. The van der Waals surface area contributed by atoms with Crippen molar-refractivity contribution in [3.05, 3.63) is 0 Å². The van der Waals surface area contributed by atoms with Crippen LogP contribution in [-0.4, -0.2) is 23.8 Å². The van der Waals surface area contributed by atoms with E-state index in [1.54, 1.807) is 0 Å². The van der Waals surface area contributed by atoms with Gasteiger partial charge >= 0.3 is 5.97 Å². The van der Waals surface area contributed by atoms with Gasteiger partial charge in [-0.15, -0.1) is 0 Å². The lowest BCUT2D eigenvalue weighted by Crippen LogP contribution is -2.22. The molecule has 108 valence electrons. The van der Waals surface area contributed by atoms with Gasteiger partial charge in [0.1, 0.15) is 5.60 Å². The summed E-state index contributed by atoms with van der Waals surface area (Å²) in [4.78, 5) is 30.9. The maximum atomic E-state index is 11.3. The zero-order valence-corrected chi connectivity index (χ0v) is 12.4. The summed E-state index contributed by atoms with van der Waals surface area (Å²) in [6, 6.07) is 0. The Hall–Kier alpha value is -0.650. The Balaban J connectivity index is 3.42. The Morgan fingerprint density at radius 3 is 1.94 bits per heavy atom. The second-order valence-corrected chi connectivity index (χ2v) is 6.13. The van der Waals surface area contributed by atoms with Crippen LogP contribution in [0.2, 0.25) is 0 Å². The van der Waals surface area contributed by atoms with Crippen LogP contribution in [0.25, 0.3) is 0 Å². The molecule has 0 saturated carbocycles. The first-order valence-corrected chi connectivity index (χ1v) is 6.29. The molecule has 0 N–H and O–H groups in total. The third kappa shape index (κ3) is 13.4. The van der Waals surface area contributed by atoms with Gasteiger partial charge in [-0.25, -0.2) is 14.6 Å². The summed E-state index contributed by atoms with van der Waals surface area (Å²) in [5, 5.41) is 0. The van der Waals surface area contributed by atoms with Gasteiger partial charge in [0.05, 0.1) is 12.2 Å². The zero-order chi connectivity index (χ0) is 14.2. The Morgan fingerprint density at radius 2 is 1.44 bits per heavy atom. The molecule has 0 aliphatic carbocycles. The first-order chi connectivity index (χ1) is 8.10. The lowest BCUT2D eigenvalue weighted by molar-refractivity contribution is -0.348. The van der Waals surface area contributed by atoms with E-state index in [0.717, 1.165) is 6.42 Å². The number of carbonyl (C=O) groups excluding carboxylic acids is 1. The van der Waals surface area contributed by atoms with Crippen molar-refractivity contribution in [3.63, 3.8) is 0 Å². The van der Waals surface area contributed by atoms with Gasteiger partial charge in [0.15, 0.2) is 0 Å². The zero-order valence-electron chi connectivity index (χ0n) is 12.4. The van der Waals surface area contributed by atoms with Crippen LogP contribution < -0.4 is 0 Å². The second-order valence-electron chi connectivity index (χ2n) is 6.13. The molecule has 0 aromatic carbocycles. The van der Waals surface area contributed by atoms with E-state index in [-0.39, 0.29) is 11.6 Å². The third-order valence-electron chi connectivity index (χ3n) is 1.55. The highest BCUT2D eigenvalue weighted by atomic mass is 17.2. The number of carbonyl (C=O) groups is 1. The predicted octanol–water partition coefficient (Wildman–Crippen LogP) is 3.18. The third-order valence-corrected chi connectivity index (χ3v) is 1.55. The van der Waals surface area contributed by atoms with Gasteiger partial charge in [0.2, 0.25) is 0 Å². The van der Waals surface area contributed by atoms with Gasteiger partial charge in [0, 0.05) is 6.42 Å². The standard InChI is InChI=1S/C13H26O5/c1-12(2,3)17-15-10-8-7-9-11(14)16-18-13(4,5)6/h7-10H2,1-6H3. The smallest absolute Gasteiger partial charge is 0.298 e. The molecule has 0 amide bonds. The summed E-state index contributed by atoms with van der Waals surface area (Å²) in [5.41, 5.74) is -0.779. The highest BCUT2D eigenvalue weighted by Gasteiger charge is 2.15. The maximum Gasteiger partial charge on any atom is 0.342 e. The predicted molar refractivity (Wildman–Crippen MR) is 67.6 cm³/mol. The quantitative estimate of drug-likeness (QED) is 0.400. The van der Waals surface area contributed by atoms with E-state index < -0.39 is 5.60 Å². The summed E-state index contributed by atoms with van der Waals surface area (Å²) in [7, 11) is 0. The van der Waals surface area contributed by atoms with Gasteiger partial charge in [-0.3, -0.25) is 4.89 Å². The first kappa shape index (κ1) is 17.4. The molecule has 0 atom stereocenters. The van der Waals surface area contributed by atoms with Gasteiger partial charge < -0.3 is 0 Å². The van der Waals surface area contributed by atoms with E-state index in [2.05, 4.69) is 4.89 Å². The van der Waals surface area contributed by atoms with Gasteiger partial charge in [-0.1, -0.05) is 0 Å². The second kappa shape index (κ2) is 7.71. The van der Waals surface area contributed by atoms with Crippen LogP contribution in [-0.2, 0) is 24.3 Å². The Morgan fingerprint density at radius 1 is 0.889 bits per heavy atom. The summed E-state index contributed by atoms with van der Waals surface area (Å²) in [5.74, 6) is -0.360. The van der Waals surface area contributed by atoms with Crippen LogP contribution >= 0.6 is 0 Å². The van der Waals surface area contributed by atoms with E-state index >= 15 is 0 Å². The molecular formula is C13H26O5. The largest absolute Gasteiger partial charge is 0.342 e. The highest BCUT2D eigenvalue weighted by molar-refractivity contribution is 5.68. The summed E-state index contributed by atoms with van der Waals surface area (Å²) >= 11 is 0. The van der Waals surface area contributed by atoms with Crippen molar-refractivity contribution >= 4 is 5.97 Å². The molecule has 0 aromatic rings. The summed E-state index contributed by atoms with van der Waals surface area (Å²) in [6.45, 7) is 11.6. The maximum absolute atomic E-state index is 11.3. The minimum absolute atomic E-state index is 0.306. The van der Waals surface area contributed by atoms with Crippen molar-refractivity contribution in [1.82, 2.24) is 0 Å². The van der Waals surface area contributed by atoms with Crippen LogP contribution in [0.15, 0.2) is 0 Å². The van der Waals surface area contributed by atoms with Crippen molar-refractivity contribution in [1.29, 1.82) is 0 Å². The normalized spacial score (nSPS) is 12.6. The van der Waals surface area contributed by atoms with Crippen molar-refractivity contribution in [2.45, 2.75) is 72.0 Å². The van der Waals surface area contributed by atoms with Crippen LogP contribution in [0, 0.1) is 0 Å². The van der Waals surface area contributed by atoms with Crippen LogP contribution in [0.1, 0.15) is 60.8 Å². The average molecular weight is 262 g/mol. The van der Waals surface area contributed by atoms with E-state index in [1.165, 1.54) is 0 Å².